The molecule has 2 aromatic rings. The van der Waals surface area contributed by atoms with Crippen molar-refractivity contribution >= 4 is 34.4 Å². The highest BCUT2D eigenvalue weighted by atomic mass is 32.1. The van der Waals surface area contributed by atoms with Gasteiger partial charge in [-0.2, -0.15) is 0 Å². The lowest BCUT2D eigenvalue weighted by atomic mass is 10.2. The average molecular weight is 257 g/mol. The van der Waals surface area contributed by atoms with Crippen molar-refractivity contribution in [1.29, 1.82) is 0 Å². The fourth-order valence-electron chi connectivity index (χ4n) is 1.43. The van der Waals surface area contributed by atoms with Gasteiger partial charge in [0.2, 0.25) is 0 Å². The summed E-state index contributed by atoms with van der Waals surface area (Å²) >= 11 is 10.6. The van der Waals surface area contributed by atoms with Gasteiger partial charge in [0.05, 0.1) is 0 Å². The van der Waals surface area contributed by atoms with Crippen LogP contribution in [0.1, 0.15) is 11.1 Å². The van der Waals surface area contributed by atoms with Crippen molar-refractivity contribution in [3.05, 3.63) is 71.8 Å². The Morgan fingerprint density at radius 2 is 1.00 bits per heavy atom. The summed E-state index contributed by atoms with van der Waals surface area (Å²) in [4.78, 5) is 1.30. The van der Waals surface area contributed by atoms with Gasteiger partial charge < -0.3 is 5.32 Å². The fourth-order valence-corrected chi connectivity index (χ4v) is 1.97. The smallest absolute Gasteiger partial charge is 0.111 e. The Labute approximate surface area is 111 Å². The molecule has 0 saturated carbocycles. The monoisotopic (exact) mass is 257 g/mol. The molecule has 2 aromatic carbocycles. The summed E-state index contributed by atoms with van der Waals surface area (Å²) in [5, 5.41) is 3.08. The Balaban J connectivity index is 2.08. The quantitative estimate of drug-likeness (QED) is 0.829. The maximum atomic E-state index is 5.30. The van der Waals surface area contributed by atoms with Crippen LogP contribution in [0.2, 0.25) is 0 Å². The van der Waals surface area contributed by atoms with Crippen LogP contribution in [-0.2, 0) is 0 Å². The standard InChI is InChI=1S/C14H11NS2/c16-13(11-7-3-1-4-8-11)15-14(17)12-9-5-2-6-10-12/h1-10H,(H,15,16,17). The number of rotatable bonds is 2. The highest BCUT2D eigenvalue weighted by Crippen LogP contribution is 2.03. The van der Waals surface area contributed by atoms with Crippen LogP contribution in [-0.4, -0.2) is 9.98 Å². The average Bonchev–Trinajstić information content (AvgIpc) is 2.40. The lowest BCUT2D eigenvalue weighted by Gasteiger charge is -2.09. The van der Waals surface area contributed by atoms with E-state index in [9.17, 15) is 0 Å². The minimum atomic E-state index is 0.652. The summed E-state index contributed by atoms with van der Waals surface area (Å²) in [6.07, 6.45) is 0. The lowest BCUT2D eigenvalue weighted by Crippen LogP contribution is -2.28. The molecule has 0 aliphatic rings. The second kappa shape index (κ2) is 5.66. The highest BCUT2D eigenvalue weighted by Gasteiger charge is 2.04. The predicted molar refractivity (Wildman–Crippen MR) is 79.4 cm³/mol. The van der Waals surface area contributed by atoms with E-state index < -0.39 is 0 Å². The van der Waals surface area contributed by atoms with Gasteiger partial charge in [0.25, 0.3) is 0 Å². The van der Waals surface area contributed by atoms with Crippen LogP contribution in [0.4, 0.5) is 0 Å². The molecule has 2 rings (SSSR count). The SMILES string of the molecule is S=C(NC(=S)c1ccccc1)c1ccccc1. The zero-order chi connectivity index (χ0) is 12.1. The molecular weight excluding hydrogens is 246 g/mol. The van der Waals surface area contributed by atoms with Crippen molar-refractivity contribution in [3.8, 4) is 0 Å². The summed E-state index contributed by atoms with van der Waals surface area (Å²) in [5.74, 6) is 0. The molecule has 1 nitrogen and oxygen atoms in total. The molecule has 0 saturated heterocycles. The van der Waals surface area contributed by atoms with Crippen molar-refractivity contribution in [2.75, 3.05) is 0 Å². The minimum Gasteiger partial charge on any atom is -0.337 e. The van der Waals surface area contributed by atoms with Crippen LogP contribution in [0.3, 0.4) is 0 Å². The van der Waals surface area contributed by atoms with Gasteiger partial charge in [0, 0.05) is 11.1 Å². The fraction of sp³-hybridized carbons (Fsp3) is 0. The number of hydrogen-bond donors (Lipinski definition) is 1. The molecule has 0 atom stereocenters. The van der Waals surface area contributed by atoms with Crippen LogP contribution in [0.5, 0.6) is 0 Å². The van der Waals surface area contributed by atoms with E-state index in [1.807, 2.05) is 60.7 Å². The highest BCUT2D eigenvalue weighted by molar-refractivity contribution is 7.82. The first-order valence-corrected chi connectivity index (χ1v) is 6.05. The minimum absolute atomic E-state index is 0.652. The first-order valence-electron chi connectivity index (χ1n) is 5.23. The molecule has 0 unspecified atom stereocenters. The molecule has 0 heterocycles. The zero-order valence-corrected chi connectivity index (χ0v) is 10.7. The van der Waals surface area contributed by atoms with E-state index in [1.165, 1.54) is 0 Å². The Bertz CT molecular complexity index is 471. The first kappa shape index (κ1) is 11.9. The Morgan fingerprint density at radius 1 is 0.647 bits per heavy atom. The number of thiocarbonyl (C=S) groups is 2. The van der Waals surface area contributed by atoms with Crippen LogP contribution in [0.15, 0.2) is 60.7 Å². The summed E-state index contributed by atoms with van der Waals surface area (Å²) in [6.45, 7) is 0. The van der Waals surface area contributed by atoms with Crippen LogP contribution < -0.4 is 5.32 Å². The molecule has 84 valence electrons. The van der Waals surface area contributed by atoms with E-state index in [1.54, 1.807) is 0 Å². The van der Waals surface area contributed by atoms with E-state index in [-0.39, 0.29) is 0 Å². The summed E-state index contributed by atoms with van der Waals surface area (Å²) in [7, 11) is 0. The van der Waals surface area contributed by atoms with E-state index >= 15 is 0 Å². The maximum Gasteiger partial charge on any atom is 0.111 e. The second-order valence-electron chi connectivity index (χ2n) is 3.52. The zero-order valence-electron chi connectivity index (χ0n) is 9.09. The lowest BCUT2D eigenvalue weighted by molar-refractivity contribution is 1.42. The molecule has 0 aromatic heterocycles. The largest absolute Gasteiger partial charge is 0.337 e. The molecule has 0 amide bonds. The molecule has 1 N–H and O–H groups in total. The number of nitrogens with one attached hydrogen (secondary N) is 1. The second-order valence-corrected chi connectivity index (χ2v) is 4.33. The molecular formula is C14H11NS2. The first-order chi connectivity index (χ1) is 8.27. The van der Waals surface area contributed by atoms with Crippen LogP contribution in [0.25, 0.3) is 0 Å². The van der Waals surface area contributed by atoms with Crippen LogP contribution in [0, 0.1) is 0 Å². The normalized spacial score (nSPS) is 9.65. The van der Waals surface area contributed by atoms with Crippen molar-refractivity contribution < 1.29 is 0 Å². The summed E-state index contributed by atoms with van der Waals surface area (Å²) < 4.78 is 0. The van der Waals surface area contributed by atoms with E-state index in [4.69, 9.17) is 24.4 Å². The third kappa shape index (κ3) is 3.19. The Morgan fingerprint density at radius 3 is 1.35 bits per heavy atom. The van der Waals surface area contributed by atoms with Crippen molar-refractivity contribution in [2.24, 2.45) is 0 Å². The molecule has 0 fully saturated rings. The van der Waals surface area contributed by atoms with Gasteiger partial charge in [-0.05, 0) is 0 Å². The van der Waals surface area contributed by atoms with Gasteiger partial charge >= 0.3 is 0 Å². The third-order valence-corrected chi connectivity index (χ3v) is 2.97. The topological polar surface area (TPSA) is 12.0 Å². The summed E-state index contributed by atoms with van der Waals surface area (Å²) in [5.41, 5.74) is 1.95. The Hall–Kier alpha value is -1.58. The predicted octanol–water partition coefficient (Wildman–Crippen LogP) is 3.33. The van der Waals surface area contributed by atoms with Gasteiger partial charge in [0.1, 0.15) is 9.98 Å². The molecule has 0 aliphatic heterocycles. The van der Waals surface area contributed by atoms with Crippen LogP contribution >= 0.6 is 24.4 Å². The van der Waals surface area contributed by atoms with E-state index in [2.05, 4.69) is 5.32 Å². The van der Waals surface area contributed by atoms with Gasteiger partial charge in [-0.15, -0.1) is 0 Å². The number of hydrogen-bond acceptors (Lipinski definition) is 2. The van der Waals surface area contributed by atoms with Gasteiger partial charge in [0.15, 0.2) is 0 Å². The van der Waals surface area contributed by atoms with Crippen molar-refractivity contribution in [1.82, 2.24) is 5.32 Å². The molecule has 0 radical (unpaired) electrons. The van der Waals surface area contributed by atoms with Gasteiger partial charge in [-0.1, -0.05) is 85.1 Å². The summed E-state index contributed by atoms with van der Waals surface area (Å²) in [6, 6.07) is 19.6. The third-order valence-electron chi connectivity index (χ3n) is 2.30. The van der Waals surface area contributed by atoms with Gasteiger partial charge in [-0.25, -0.2) is 0 Å². The molecule has 3 heteroatoms. The molecule has 0 bridgehead atoms. The molecule has 0 aliphatic carbocycles. The Kier molecular flexibility index (Phi) is 3.96. The van der Waals surface area contributed by atoms with E-state index in [0.29, 0.717) is 9.98 Å². The van der Waals surface area contributed by atoms with E-state index in [0.717, 1.165) is 11.1 Å². The molecule has 0 spiro atoms. The molecule has 17 heavy (non-hydrogen) atoms. The van der Waals surface area contributed by atoms with Gasteiger partial charge in [-0.3, -0.25) is 0 Å². The van der Waals surface area contributed by atoms with Crippen molar-refractivity contribution in [3.63, 3.8) is 0 Å². The number of benzene rings is 2. The maximum absolute atomic E-state index is 5.30. The van der Waals surface area contributed by atoms with Crippen molar-refractivity contribution in [2.45, 2.75) is 0 Å².